The number of rotatable bonds is 3. The maximum atomic E-state index is 3.76. The molecule has 1 rings (SSSR count). The summed E-state index contributed by atoms with van der Waals surface area (Å²) in [5.41, 5.74) is 3.04. The van der Waals surface area contributed by atoms with Crippen LogP contribution in [0.1, 0.15) is 57.0 Å². The van der Waals surface area contributed by atoms with Crippen molar-refractivity contribution in [3.05, 3.63) is 35.4 Å². The van der Waals surface area contributed by atoms with Gasteiger partial charge in [-0.15, -0.1) is 0 Å². The Morgan fingerprint density at radius 2 is 1.56 bits per heavy atom. The highest BCUT2D eigenvalue weighted by atomic mass is 79.9. The average molecular weight is 283 g/mol. The summed E-state index contributed by atoms with van der Waals surface area (Å²) in [6, 6.07) is 9.01. The summed E-state index contributed by atoms with van der Waals surface area (Å²) in [6.07, 6.45) is 1.19. The van der Waals surface area contributed by atoms with Crippen LogP contribution in [0.5, 0.6) is 0 Å². The van der Waals surface area contributed by atoms with E-state index in [9.17, 15) is 0 Å². The Morgan fingerprint density at radius 3 is 1.94 bits per heavy atom. The topological polar surface area (TPSA) is 0 Å². The van der Waals surface area contributed by atoms with E-state index in [1.54, 1.807) is 0 Å². The first-order valence-electron chi connectivity index (χ1n) is 6.05. The Labute approximate surface area is 109 Å². The molecule has 16 heavy (non-hydrogen) atoms. The summed E-state index contributed by atoms with van der Waals surface area (Å²) in [5, 5.41) is 0. The molecule has 0 spiro atoms. The zero-order valence-corrected chi connectivity index (χ0v) is 12.6. The lowest BCUT2D eigenvalue weighted by molar-refractivity contribution is 0.579. The highest BCUT2D eigenvalue weighted by Crippen LogP contribution is 2.31. The zero-order chi connectivity index (χ0) is 12.3. The van der Waals surface area contributed by atoms with Gasteiger partial charge in [-0.25, -0.2) is 0 Å². The smallest absolute Gasteiger partial charge is 0.0397 e. The predicted molar refractivity (Wildman–Crippen MR) is 76.3 cm³/mol. The van der Waals surface area contributed by atoms with E-state index in [1.165, 1.54) is 17.5 Å². The molecule has 0 aromatic heterocycles. The maximum Gasteiger partial charge on any atom is 0.0397 e. The predicted octanol–water partition coefficient (Wildman–Crippen LogP) is 5.47. The van der Waals surface area contributed by atoms with Crippen molar-refractivity contribution in [3.63, 3.8) is 0 Å². The van der Waals surface area contributed by atoms with Gasteiger partial charge in [0.2, 0.25) is 0 Å². The SMILES string of the molecule is CC(C)CC(Br)c1ccc(C(C)(C)C)cc1. The molecule has 0 aliphatic heterocycles. The lowest BCUT2D eigenvalue weighted by Gasteiger charge is -2.20. The molecule has 0 aliphatic rings. The molecule has 0 heterocycles. The molecule has 1 aromatic carbocycles. The van der Waals surface area contributed by atoms with Crippen LogP contribution in [-0.4, -0.2) is 0 Å². The highest BCUT2D eigenvalue weighted by molar-refractivity contribution is 9.09. The van der Waals surface area contributed by atoms with Crippen molar-refractivity contribution in [1.29, 1.82) is 0 Å². The molecular formula is C15H23Br. The molecule has 0 bridgehead atoms. The first-order chi connectivity index (χ1) is 7.30. The van der Waals surface area contributed by atoms with Crippen molar-refractivity contribution in [2.45, 2.75) is 51.3 Å². The zero-order valence-electron chi connectivity index (χ0n) is 11.0. The van der Waals surface area contributed by atoms with Gasteiger partial charge in [-0.2, -0.15) is 0 Å². The first-order valence-corrected chi connectivity index (χ1v) is 6.97. The van der Waals surface area contributed by atoms with Gasteiger partial charge in [0.1, 0.15) is 0 Å². The summed E-state index contributed by atoms with van der Waals surface area (Å²) in [4.78, 5) is 0.488. The maximum absolute atomic E-state index is 3.76. The van der Waals surface area contributed by atoms with E-state index in [0.717, 1.165) is 5.92 Å². The fourth-order valence-electron chi connectivity index (χ4n) is 1.74. The second-order valence-electron chi connectivity index (χ2n) is 5.97. The third-order valence-electron chi connectivity index (χ3n) is 2.82. The first kappa shape index (κ1) is 13.8. The Kier molecular flexibility index (Phi) is 4.61. The molecule has 0 radical (unpaired) electrons. The van der Waals surface area contributed by atoms with E-state index < -0.39 is 0 Å². The normalized spacial score (nSPS) is 14.2. The lowest BCUT2D eigenvalue weighted by Crippen LogP contribution is -2.10. The molecule has 0 N–H and O–H groups in total. The van der Waals surface area contributed by atoms with Gasteiger partial charge in [0.25, 0.3) is 0 Å². The van der Waals surface area contributed by atoms with Crippen molar-refractivity contribution < 1.29 is 0 Å². The van der Waals surface area contributed by atoms with Crippen LogP contribution in [0, 0.1) is 5.92 Å². The third kappa shape index (κ3) is 3.93. The molecule has 1 aromatic rings. The molecular weight excluding hydrogens is 260 g/mol. The minimum Gasteiger partial charge on any atom is -0.0839 e. The van der Waals surface area contributed by atoms with Crippen LogP contribution in [0.2, 0.25) is 0 Å². The van der Waals surface area contributed by atoms with Gasteiger partial charge >= 0.3 is 0 Å². The molecule has 0 saturated heterocycles. The van der Waals surface area contributed by atoms with Crippen LogP contribution < -0.4 is 0 Å². The van der Waals surface area contributed by atoms with Crippen LogP contribution >= 0.6 is 15.9 Å². The molecule has 0 nitrogen and oxygen atoms in total. The fourth-order valence-corrected chi connectivity index (χ4v) is 2.79. The molecule has 1 unspecified atom stereocenters. The van der Waals surface area contributed by atoms with Crippen LogP contribution in [0.4, 0.5) is 0 Å². The molecule has 1 heteroatoms. The number of benzene rings is 1. The fraction of sp³-hybridized carbons (Fsp3) is 0.600. The summed E-state index contributed by atoms with van der Waals surface area (Å²) in [5.74, 6) is 0.728. The van der Waals surface area contributed by atoms with Crippen LogP contribution in [0.15, 0.2) is 24.3 Å². The number of hydrogen-bond acceptors (Lipinski definition) is 0. The second kappa shape index (κ2) is 5.35. The molecule has 0 fully saturated rings. The minimum absolute atomic E-state index is 0.248. The largest absolute Gasteiger partial charge is 0.0839 e. The van der Waals surface area contributed by atoms with Gasteiger partial charge in [-0.1, -0.05) is 74.8 Å². The standard InChI is InChI=1S/C15H23Br/c1-11(2)10-14(16)12-6-8-13(9-7-12)15(3,4)5/h6-9,11,14H,10H2,1-5H3. The van der Waals surface area contributed by atoms with Crippen molar-refractivity contribution in [3.8, 4) is 0 Å². The Morgan fingerprint density at radius 1 is 1.06 bits per heavy atom. The molecule has 0 aliphatic carbocycles. The van der Waals surface area contributed by atoms with Crippen LogP contribution in [0.25, 0.3) is 0 Å². The molecule has 0 amide bonds. The summed E-state index contributed by atoms with van der Waals surface area (Å²) in [6.45, 7) is 11.3. The van der Waals surface area contributed by atoms with E-state index in [1.807, 2.05) is 0 Å². The third-order valence-corrected chi connectivity index (χ3v) is 3.72. The number of hydrogen-bond donors (Lipinski definition) is 0. The summed E-state index contributed by atoms with van der Waals surface area (Å²) in [7, 11) is 0. The summed E-state index contributed by atoms with van der Waals surface area (Å²) < 4.78 is 0. The molecule has 0 saturated carbocycles. The number of alkyl halides is 1. The van der Waals surface area contributed by atoms with Gasteiger partial charge in [0.05, 0.1) is 0 Å². The Bertz CT molecular complexity index is 316. The van der Waals surface area contributed by atoms with E-state index in [-0.39, 0.29) is 5.41 Å². The van der Waals surface area contributed by atoms with Gasteiger partial charge in [0, 0.05) is 4.83 Å². The van der Waals surface area contributed by atoms with Gasteiger partial charge < -0.3 is 0 Å². The summed E-state index contributed by atoms with van der Waals surface area (Å²) >= 11 is 3.76. The molecule has 90 valence electrons. The van der Waals surface area contributed by atoms with E-state index in [4.69, 9.17) is 0 Å². The van der Waals surface area contributed by atoms with Gasteiger partial charge in [-0.05, 0) is 28.9 Å². The van der Waals surface area contributed by atoms with Crippen molar-refractivity contribution in [1.82, 2.24) is 0 Å². The Hall–Kier alpha value is -0.300. The van der Waals surface area contributed by atoms with Gasteiger partial charge in [-0.3, -0.25) is 0 Å². The van der Waals surface area contributed by atoms with Crippen molar-refractivity contribution in [2.24, 2.45) is 5.92 Å². The van der Waals surface area contributed by atoms with Crippen molar-refractivity contribution >= 4 is 15.9 Å². The van der Waals surface area contributed by atoms with E-state index in [0.29, 0.717) is 4.83 Å². The van der Waals surface area contributed by atoms with E-state index >= 15 is 0 Å². The van der Waals surface area contributed by atoms with E-state index in [2.05, 4.69) is 74.8 Å². The number of halogens is 1. The monoisotopic (exact) mass is 282 g/mol. The van der Waals surface area contributed by atoms with Crippen molar-refractivity contribution in [2.75, 3.05) is 0 Å². The Balaban J connectivity index is 2.79. The van der Waals surface area contributed by atoms with Crippen LogP contribution in [-0.2, 0) is 5.41 Å². The van der Waals surface area contributed by atoms with Gasteiger partial charge in [0.15, 0.2) is 0 Å². The van der Waals surface area contributed by atoms with Crippen LogP contribution in [0.3, 0.4) is 0 Å². The lowest BCUT2D eigenvalue weighted by atomic mass is 9.86. The minimum atomic E-state index is 0.248. The second-order valence-corrected chi connectivity index (χ2v) is 7.07. The average Bonchev–Trinajstić information content (AvgIpc) is 2.15. The quantitative estimate of drug-likeness (QED) is 0.645. The highest BCUT2D eigenvalue weighted by Gasteiger charge is 2.14. The molecule has 1 atom stereocenters.